The minimum Gasteiger partial charge on any atom is -0.460 e. The predicted molar refractivity (Wildman–Crippen MR) is 78.8 cm³/mol. The molecular formula is C17H26O2. The van der Waals surface area contributed by atoms with Gasteiger partial charge < -0.3 is 4.74 Å². The van der Waals surface area contributed by atoms with Gasteiger partial charge >= 0.3 is 5.97 Å². The molecule has 0 unspecified atom stereocenters. The first-order valence-electron chi connectivity index (χ1n) is 7.42. The largest absolute Gasteiger partial charge is 0.460 e. The molecule has 1 aromatic carbocycles. The van der Waals surface area contributed by atoms with Crippen LogP contribution in [0.2, 0.25) is 0 Å². The third-order valence-electron chi connectivity index (χ3n) is 3.66. The monoisotopic (exact) mass is 262 g/mol. The summed E-state index contributed by atoms with van der Waals surface area (Å²) < 4.78 is 5.43. The molecule has 1 aromatic rings. The Morgan fingerprint density at radius 2 is 1.68 bits per heavy atom. The van der Waals surface area contributed by atoms with Crippen molar-refractivity contribution in [2.45, 2.75) is 59.5 Å². The van der Waals surface area contributed by atoms with E-state index in [1.165, 1.54) is 6.42 Å². The maximum atomic E-state index is 12.1. The SMILES string of the molecule is CC.CC1(C(=O)OCc2ccccc2)CCCCC1. The van der Waals surface area contributed by atoms with Crippen LogP contribution in [0.5, 0.6) is 0 Å². The third kappa shape index (κ3) is 4.70. The molecule has 2 nitrogen and oxygen atoms in total. The standard InChI is InChI=1S/C15H20O2.C2H6/c1-15(10-6-3-7-11-15)14(16)17-12-13-8-4-2-5-9-13;1-2/h2,4-5,8-9H,3,6-7,10-12H2,1H3;1-2H3. The van der Waals surface area contributed by atoms with Crippen molar-refractivity contribution in [1.82, 2.24) is 0 Å². The number of hydrogen-bond donors (Lipinski definition) is 0. The lowest BCUT2D eigenvalue weighted by Crippen LogP contribution is -2.31. The Labute approximate surface area is 117 Å². The number of esters is 1. The predicted octanol–water partition coefficient (Wildman–Crippen LogP) is 4.73. The summed E-state index contributed by atoms with van der Waals surface area (Å²) in [6, 6.07) is 9.86. The molecule has 0 aliphatic heterocycles. The second-order valence-electron chi connectivity index (χ2n) is 5.18. The molecule has 2 rings (SSSR count). The smallest absolute Gasteiger partial charge is 0.312 e. The summed E-state index contributed by atoms with van der Waals surface area (Å²) in [5, 5.41) is 0. The number of carbonyl (C=O) groups is 1. The van der Waals surface area contributed by atoms with Crippen LogP contribution in [-0.2, 0) is 16.1 Å². The lowest BCUT2D eigenvalue weighted by molar-refractivity contribution is -0.158. The maximum absolute atomic E-state index is 12.1. The molecule has 0 atom stereocenters. The molecule has 0 spiro atoms. The van der Waals surface area contributed by atoms with Gasteiger partial charge in [0.05, 0.1) is 5.41 Å². The molecule has 0 N–H and O–H groups in total. The lowest BCUT2D eigenvalue weighted by atomic mass is 9.76. The number of carbonyl (C=O) groups excluding carboxylic acids is 1. The van der Waals surface area contributed by atoms with Gasteiger partial charge in [-0.1, -0.05) is 63.4 Å². The molecule has 0 bridgehead atoms. The van der Waals surface area contributed by atoms with Gasteiger partial charge in [0.25, 0.3) is 0 Å². The molecule has 2 heteroatoms. The third-order valence-corrected chi connectivity index (χ3v) is 3.66. The van der Waals surface area contributed by atoms with Crippen LogP contribution in [0.4, 0.5) is 0 Å². The zero-order chi connectivity index (χ0) is 14.1. The van der Waals surface area contributed by atoms with E-state index in [1.54, 1.807) is 0 Å². The Morgan fingerprint density at radius 3 is 2.26 bits per heavy atom. The fourth-order valence-electron chi connectivity index (χ4n) is 2.43. The first-order valence-corrected chi connectivity index (χ1v) is 7.42. The fraction of sp³-hybridized carbons (Fsp3) is 0.588. The second kappa shape index (κ2) is 7.98. The first kappa shape index (κ1) is 15.7. The molecular weight excluding hydrogens is 236 g/mol. The van der Waals surface area contributed by atoms with Crippen molar-refractivity contribution in [1.29, 1.82) is 0 Å². The molecule has 1 saturated carbocycles. The van der Waals surface area contributed by atoms with Crippen molar-refractivity contribution in [2.24, 2.45) is 5.41 Å². The van der Waals surface area contributed by atoms with Gasteiger partial charge in [-0.15, -0.1) is 0 Å². The van der Waals surface area contributed by atoms with Gasteiger partial charge in [0.2, 0.25) is 0 Å². The summed E-state index contributed by atoms with van der Waals surface area (Å²) in [5.74, 6) is -0.0268. The van der Waals surface area contributed by atoms with Crippen LogP contribution in [0.1, 0.15) is 58.4 Å². The highest BCUT2D eigenvalue weighted by atomic mass is 16.5. The molecule has 1 aliphatic rings. The van der Waals surface area contributed by atoms with E-state index < -0.39 is 0 Å². The van der Waals surface area contributed by atoms with Gasteiger partial charge in [-0.2, -0.15) is 0 Å². The van der Waals surface area contributed by atoms with Crippen LogP contribution in [0.25, 0.3) is 0 Å². The van der Waals surface area contributed by atoms with Gasteiger partial charge in [-0.25, -0.2) is 0 Å². The van der Waals surface area contributed by atoms with Gasteiger partial charge in [-0.05, 0) is 25.3 Å². The van der Waals surface area contributed by atoms with Crippen molar-refractivity contribution in [3.05, 3.63) is 35.9 Å². The van der Waals surface area contributed by atoms with Crippen molar-refractivity contribution in [3.63, 3.8) is 0 Å². The zero-order valence-corrected chi connectivity index (χ0v) is 12.4. The van der Waals surface area contributed by atoms with Crippen LogP contribution in [0.3, 0.4) is 0 Å². The Kier molecular flexibility index (Phi) is 6.61. The van der Waals surface area contributed by atoms with Gasteiger partial charge in [0, 0.05) is 0 Å². The fourth-order valence-corrected chi connectivity index (χ4v) is 2.43. The molecule has 0 amide bonds. The van der Waals surface area contributed by atoms with Gasteiger partial charge in [0.1, 0.15) is 6.61 Å². The quantitative estimate of drug-likeness (QED) is 0.736. The number of benzene rings is 1. The van der Waals surface area contributed by atoms with E-state index in [4.69, 9.17) is 4.74 Å². The topological polar surface area (TPSA) is 26.3 Å². The van der Waals surface area contributed by atoms with Crippen molar-refractivity contribution < 1.29 is 9.53 Å². The van der Waals surface area contributed by atoms with Crippen LogP contribution >= 0.6 is 0 Å². The Bertz CT molecular complexity index is 364. The lowest BCUT2D eigenvalue weighted by Gasteiger charge is -2.30. The minimum absolute atomic E-state index is 0.0268. The summed E-state index contributed by atoms with van der Waals surface area (Å²) in [4.78, 5) is 12.1. The maximum Gasteiger partial charge on any atom is 0.312 e. The molecule has 0 heterocycles. The summed E-state index contributed by atoms with van der Waals surface area (Å²) in [5.41, 5.74) is 0.813. The number of ether oxygens (including phenoxy) is 1. The molecule has 0 radical (unpaired) electrons. The van der Waals surface area contributed by atoms with E-state index >= 15 is 0 Å². The molecule has 19 heavy (non-hydrogen) atoms. The van der Waals surface area contributed by atoms with Gasteiger partial charge in [0.15, 0.2) is 0 Å². The zero-order valence-electron chi connectivity index (χ0n) is 12.4. The average Bonchev–Trinajstić information content (AvgIpc) is 2.48. The summed E-state index contributed by atoms with van der Waals surface area (Å²) in [6.07, 6.45) is 5.50. The van der Waals surface area contributed by atoms with Crippen LogP contribution in [0.15, 0.2) is 30.3 Å². The summed E-state index contributed by atoms with van der Waals surface area (Å²) in [7, 11) is 0. The molecule has 0 saturated heterocycles. The van der Waals surface area contributed by atoms with Crippen LogP contribution < -0.4 is 0 Å². The van der Waals surface area contributed by atoms with E-state index in [0.29, 0.717) is 6.61 Å². The number of hydrogen-bond acceptors (Lipinski definition) is 2. The number of rotatable bonds is 3. The first-order chi connectivity index (χ1) is 9.21. The molecule has 1 fully saturated rings. The van der Waals surface area contributed by atoms with E-state index in [2.05, 4.69) is 0 Å². The molecule has 106 valence electrons. The van der Waals surface area contributed by atoms with Crippen molar-refractivity contribution in [2.75, 3.05) is 0 Å². The highest BCUT2D eigenvalue weighted by molar-refractivity contribution is 5.76. The average molecular weight is 262 g/mol. The van der Waals surface area contributed by atoms with E-state index in [0.717, 1.165) is 31.2 Å². The van der Waals surface area contributed by atoms with Crippen LogP contribution in [0, 0.1) is 5.41 Å². The highest BCUT2D eigenvalue weighted by Crippen LogP contribution is 2.36. The van der Waals surface area contributed by atoms with Crippen molar-refractivity contribution in [3.8, 4) is 0 Å². The normalized spacial score (nSPS) is 17.0. The van der Waals surface area contributed by atoms with Gasteiger partial charge in [-0.3, -0.25) is 4.79 Å². The highest BCUT2D eigenvalue weighted by Gasteiger charge is 2.35. The minimum atomic E-state index is -0.243. The van der Waals surface area contributed by atoms with E-state index in [-0.39, 0.29) is 11.4 Å². The Morgan fingerprint density at radius 1 is 1.11 bits per heavy atom. The summed E-state index contributed by atoms with van der Waals surface area (Å²) >= 11 is 0. The summed E-state index contributed by atoms with van der Waals surface area (Å²) in [6.45, 7) is 6.44. The van der Waals surface area contributed by atoms with Crippen molar-refractivity contribution >= 4 is 5.97 Å². The van der Waals surface area contributed by atoms with Crippen LogP contribution in [-0.4, -0.2) is 5.97 Å². The molecule has 0 aromatic heterocycles. The van der Waals surface area contributed by atoms with E-state index in [9.17, 15) is 4.79 Å². The van der Waals surface area contributed by atoms with E-state index in [1.807, 2.05) is 51.1 Å². The molecule has 1 aliphatic carbocycles. The second-order valence-corrected chi connectivity index (χ2v) is 5.18. The Hall–Kier alpha value is -1.31. The Balaban J connectivity index is 0.000000861.